The van der Waals surface area contributed by atoms with Gasteiger partial charge in [-0.3, -0.25) is 0 Å². The van der Waals surface area contributed by atoms with Crippen LogP contribution in [0, 0.1) is 10.8 Å². The van der Waals surface area contributed by atoms with Crippen LogP contribution in [0.3, 0.4) is 0 Å². The Hall–Kier alpha value is -0.130. The van der Waals surface area contributed by atoms with Crippen LogP contribution in [0.2, 0.25) is 0 Å². The first-order valence-corrected chi connectivity index (χ1v) is 9.28. The quantitative estimate of drug-likeness (QED) is 0.747. The fourth-order valence-electron chi connectivity index (χ4n) is 2.76. The van der Waals surface area contributed by atoms with Gasteiger partial charge in [0, 0.05) is 13.1 Å². The summed E-state index contributed by atoms with van der Waals surface area (Å²) in [6, 6.07) is 0. The maximum absolute atomic E-state index is 12.6. The SMILES string of the molecule is CCN(C)CC(C)(C)CNS(=O)(=O)C(C)(C)CC(C)(C)C. The van der Waals surface area contributed by atoms with Crippen molar-refractivity contribution in [3.8, 4) is 0 Å². The number of nitrogens with zero attached hydrogens (tertiary/aromatic N) is 1. The molecule has 0 aromatic rings. The molecule has 21 heavy (non-hydrogen) atoms. The molecule has 0 aliphatic rings. The monoisotopic (exact) mass is 320 g/mol. The summed E-state index contributed by atoms with van der Waals surface area (Å²) < 4.78 is 27.3. The van der Waals surface area contributed by atoms with Gasteiger partial charge >= 0.3 is 0 Å². The zero-order chi connectivity index (χ0) is 17.1. The van der Waals surface area contributed by atoms with Gasteiger partial charge in [0.1, 0.15) is 0 Å². The minimum absolute atomic E-state index is 0.0177. The molecule has 0 aromatic carbocycles. The largest absolute Gasteiger partial charge is 0.306 e. The normalized spacial score (nSPS) is 14.8. The molecule has 1 N–H and O–H groups in total. The summed E-state index contributed by atoms with van der Waals surface area (Å²) in [5.74, 6) is 0. The van der Waals surface area contributed by atoms with Crippen LogP contribution in [0.5, 0.6) is 0 Å². The van der Waals surface area contributed by atoms with Gasteiger partial charge in [0.25, 0.3) is 0 Å². The lowest BCUT2D eigenvalue weighted by molar-refractivity contribution is 0.218. The number of sulfonamides is 1. The van der Waals surface area contributed by atoms with E-state index in [1.54, 1.807) is 0 Å². The van der Waals surface area contributed by atoms with Crippen molar-refractivity contribution in [3.05, 3.63) is 0 Å². The van der Waals surface area contributed by atoms with Crippen molar-refractivity contribution in [3.63, 3.8) is 0 Å². The molecule has 0 saturated carbocycles. The predicted octanol–water partition coefficient (Wildman–Crippen LogP) is 3.10. The van der Waals surface area contributed by atoms with Crippen molar-refractivity contribution in [1.82, 2.24) is 9.62 Å². The van der Waals surface area contributed by atoms with Crippen molar-refractivity contribution in [2.45, 2.75) is 66.6 Å². The van der Waals surface area contributed by atoms with Gasteiger partial charge < -0.3 is 4.90 Å². The Morgan fingerprint density at radius 3 is 1.86 bits per heavy atom. The van der Waals surface area contributed by atoms with Gasteiger partial charge in [-0.15, -0.1) is 0 Å². The van der Waals surface area contributed by atoms with E-state index < -0.39 is 14.8 Å². The Morgan fingerprint density at radius 1 is 1.00 bits per heavy atom. The molecule has 128 valence electrons. The smallest absolute Gasteiger partial charge is 0.216 e. The summed E-state index contributed by atoms with van der Waals surface area (Å²) >= 11 is 0. The number of rotatable bonds is 8. The van der Waals surface area contributed by atoms with Crippen LogP contribution in [0.4, 0.5) is 0 Å². The van der Waals surface area contributed by atoms with E-state index in [9.17, 15) is 8.42 Å². The molecule has 0 fully saturated rings. The molecule has 0 amide bonds. The fourth-order valence-corrected chi connectivity index (χ4v) is 4.35. The van der Waals surface area contributed by atoms with Crippen LogP contribution in [-0.4, -0.2) is 44.7 Å². The van der Waals surface area contributed by atoms with E-state index in [0.717, 1.165) is 13.1 Å². The Bertz CT molecular complexity index is 420. The van der Waals surface area contributed by atoms with Gasteiger partial charge in [-0.05, 0) is 44.7 Å². The summed E-state index contributed by atoms with van der Waals surface area (Å²) in [4.78, 5) is 2.20. The molecule has 0 aromatic heterocycles. The van der Waals surface area contributed by atoms with Crippen LogP contribution in [0.1, 0.15) is 61.8 Å². The molecule has 0 aliphatic heterocycles. The summed E-state index contributed by atoms with van der Waals surface area (Å²) in [5, 5.41) is 0. The Balaban J connectivity index is 4.83. The minimum atomic E-state index is -3.34. The molecule has 0 radical (unpaired) electrons. The fraction of sp³-hybridized carbons (Fsp3) is 1.00. The van der Waals surface area contributed by atoms with Crippen molar-refractivity contribution in [2.75, 3.05) is 26.7 Å². The maximum Gasteiger partial charge on any atom is 0.216 e. The second-order valence-electron chi connectivity index (χ2n) is 8.82. The first-order chi connectivity index (χ1) is 9.12. The second-order valence-corrected chi connectivity index (χ2v) is 11.2. The molecular weight excluding hydrogens is 284 g/mol. The molecule has 0 saturated heterocycles. The van der Waals surface area contributed by atoms with Crippen LogP contribution in [-0.2, 0) is 10.0 Å². The third-order valence-corrected chi connectivity index (χ3v) is 5.79. The van der Waals surface area contributed by atoms with E-state index in [2.05, 4.69) is 58.2 Å². The highest BCUT2D eigenvalue weighted by Crippen LogP contribution is 2.32. The summed E-state index contributed by atoms with van der Waals surface area (Å²) in [7, 11) is -1.28. The molecule has 0 bridgehead atoms. The van der Waals surface area contributed by atoms with Crippen molar-refractivity contribution in [2.24, 2.45) is 10.8 Å². The average Bonchev–Trinajstić information content (AvgIpc) is 2.22. The minimum Gasteiger partial charge on any atom is -0.306 e. The van der Waals surface area contributed by atoms with E-state index in [4.69, 9.17) is 0 Å². The molecule has 0 unspecified atom stereocenters. The van der Waals surface area contributed by atoms with E-state index in [1.165, 1.54) is 0 Å². The molecule has 0 aliphatic carbocycles. The second kappa shape index (κ2) is 6.97. The van der Waals surface area contributed by atoms with Gasteiger partial charge in [-0.25, -0.2) is 13.1 Å². The summed E-state index contributed by atoms with van der Waals surface area (Å²) in [5.41, 5.74) is -0.105. The molecule has 0 atom stereocenters. The Kier molecular flexibility index (Phi) is 6.92. The predicted molar refractivity (Wildman–Crippen MR) is 92.0 cm³/mol. The van der Waals surface area contributed by atoms with E-state index in [1.807, 2.05) is 13.8 Å². The van der Waals surface area contributed by atoms with E-state index in [-0.39, 0.29) is 10.8 Å². The van der Waals surface area contributed by atoms with Gasteiger partial charge in [-0.2, -0.15) is 0 Å². The first-order valence-electron chi connectivity index (χ1n) is 7.80. The lowest BCUT2D eigenvalue weighted by Crippen LogP contribution is -2.48. The first kappa shape index (κ1) is 20.9. The highest BCUT2D eigenvalue weighted by atomic mass is 32.2. The van der Waals surface area contributed by atoms with E-state index in [0.29, 0.717) is 13.0 Å². The number of hydrogen-bond donors (Lipinski definition) is 1. The van der Waals surface area contributed by atoms with Crippen LogP contribution >= 0.6 is 0 Å². The molecule has 5 heteroatoms. The van der Waals surface area contributed by atoms with Crippen molar-refractivity contribution >= 4 is 10.0 Å². The maximum atomic E-state index is 12.6. The van der Waals surface area contributed by atoms with Crippen LogP contribution in [0.25, 0.3) is 0 Å². The average molecular weight is 321 g/mol. The van der Waals surface area contributed by atoms with Gasteiger partial charge in [0.15, 0.2) is 0 Å². The summed E-state index contributed by atoms with van der Waals surface area (Å²) in [6.07, 6.45) is 0.630. The number of hydrogen-bond acceptors (Lipinski definition) is 3. The molecule has 0 spiro atoms. The zero-order valence-electron chi connectivity index (χ0n) is 15.5. The van der Waals surface area contributed by atoms with Crippen molar-refractivity contribution in [1.29, 1.82) is 0 Å². The highest BCUT2D eigenvalue weighted by Gasteiger charge is 2.38. The molecule has 4 nitrogen and oxygen atoms in total. The lowest BCUT2D eigenvalue weighted by Gasteiger charge is -2.34. The topological polar surface area (TPSA) is 49.4 Å². The molecular formula is C16H36N2O2S. The standard InChI is InChI=1S/C16H36N2O2S/c1-10-18(9)13-15(5,6)12-17-21(19,20)16(7,8)11-14(2,3)4/h17H,10-13H2,1-9H3. The van der Waals surface area contributed by atoms with Gasteiger partial charge in [0.2, 0.25) is 10.0 Å². The van der Waals surface area contributed by atoms with Gasteiger partial charge in [-0.1, -0.05) is 41.5 Å². The highest BCUT2D eigenvalue weighted by molar-refractivity contribution is 7.90. The van der Waals surface area contributed by atoms with Crippen LogP contribution < -0.4 is 4.72 Å². The zero-order valence-corrected chi connectivity index (χ0v) is 16.3. The molecule has 0 rings (SSSR count). The van der Waals surface area contributed by atoms with Gasteiger partial charge in [0.05, 0.1) is 4.75 Å². The Morgan fingerprint density at radius 2 is 1.48 bits per heavy atom. The number of nitrogens with one attached hydrogen (secondary N) is 1. The third-order valence-electron chi connectivity index (χ3n) is 3.66. The third kappa shape index (κ3) is 7.61. The van der Waals surface area contributed by atoms with Crippen molar-refractivity contribution < 1.29 is 8.42 Å². The van der Waals surface area contributed by atoms with E-state index >= 15 is 0 Å². The molecule has 0 heterocycles. The van der Waals surface area contributed by atoms with Crippen LogP contribution in [0.15, 0.2) is 0 Å². The summed E-state index contributed by atoms with van der Waals surface area (Å²) in [6.45, 7) is 18.4. The Labute approximate surface area is 132 Å². The lowest BCUT2D eigenvalue weighted by atomic mass is 9.86.